The number of aliphatic hydroxyl groups excluding tert-OH is 1. The van der Waals surface area contributed by atoms with Crippen LogP contribution in [-0.4, -0.2) is 16.7 Å². The van der Waals surface area contributed by atoms with Gasteiger partial charge < -0.3 is 5.11 Å². The molecule has 0 aliphatic heterocycles. The molecule has 0 radical (unpaired) electrons. The van der Waals surface area contributed by atoms with E-state index in [-0.39, 0.29) is 12.4 Å². The molecule has 0 aliphatic rings. The van der Waals surface area contributed by atoms with Crippen molar-refractivity contribution in [3.8, 4) is 10.6 Å². The number of aliphatic hydroxyl groups is 1. The minimum absolute atomic E-state index is 0.0407. The molecule has 2 rings (SSSR count). The number of aromatic nitrogens is 1. The van der Waals surface area contributed by atoms with Crippen LogP contribution in [0.15, 0.2) is 28.1 Å². The molecular weight excluding hydrogens is 293 g/mol. The summed E-state index contributed by atoms with van der Waals surface area (Å²) in [6, 6.07) is 6.54. The summed E-state index contributed by atoms with van der Waals surface area (Å²) in [5, 5.41) is 9.48. The van der Waals surface area contributed by atoms with Gasteiger partial charge in [-0.2, -0.15) is 0 Å². The molecule has 84 valence electrons. The minimum atomic E-state index is -0.278. The largest absolute Gasteiger partial charge is 0.396 e. The highest BCUT2D eigenvalue weighted by atomic mass is 79.9. The van der Waals surface area contributed by atoms with E-state index in [9.17, 15) is 4.39 Å². The first-order valence-corrected chi connectivity index (χ1v) is 6.34. The Morgan fingerprint density at radius 2 is 2.12 bits per heavy atom. The van der Waals surface area contributed by atoms with Crippen molar-refractivity contribution in [2.75, 3.05) is 6.61 Å². The summed E-state index contributed by atoms with van der Waals surface area (Å²) in [6.07, 6.45) is 0.478. The van der Waals surface area contributed by atoms with E-state index in [4.69, 9.17) is 5.11 Å². The third kappa shape index (κ3) is 2.31. The summed E-state index contributed by atoms with van der Waals surface area (Å²) in [6.45, 7) is 0.0407. The van der Waals surface area contributed by atoms with Crippen LogP contribution in [0.4, 0.5) is 4.39 Å². The maximum Gasteiger partial charge on any atom is 0.133 e. The molecule has 0 atom stereocenters. The monoisotopic (exact) mass is 301 g/mol. The summed E-state index contributed by atoms with van der Waals surface area (Å²) < 4.78 is 14.4. The lowest BCUT2D eigenvalue weighted by Crippen LogP contribution is -1.91. The first-order valence-electron chi connectivity index (χ1n) is 4.73. The van der Waals surface area contributed by atoms with E-state index in [1.54, 1.807) is 18.2 Å². The Kier molecular flexibility index (Phi) is 3.68. The van der Waals surface area contributed by atoms with Crippen molar-refractivity contribution >= 4 is 27.3 Å². The normalized spacial score (nSPS) is 10.7. The van der Waals surface area contributed by atoms with Gasteiger partial charge in [-0.05, 0) is 28.1 Å². The molecule has 0 saturated carbocycles. The summed E-state index contributed by atoms with van der Waals surface area (Å²) >= 11 is 4.74. The molecule has 16 heavy (non-hydrogen) atoms. The maximum absolute atomic E-state index is 13.5. The molecule has 0 fully saturated rings. The Labute approximate surface area is 105 Å². The maximum atomic E-state index is 13.5. The lowest BCUT2D eigenvalue weighted by molar-refractivity contribution is 0.298. The van der Waals surface area contributed by atoms with Crippen LogP contribution in [-0.2, 0) is 6.42 Å². The van der Waals surface area contributed by atoms with Crippen LogP contribution in [0.1, 0.15) is 5.69 Å². The van der Waals surface area contributed by atoms with Crippen LogP contribution in [0.25, 0.3) is 10.6 Å². The zero-order valence-electron chi connectivity index (χ0n) is 8.28. The van der Waals surface area contributed by atoms with Crippen LogP contribution in [0.3, 0.4) is 0 Å². The van der Waals surface area contributed by atoms with E-state index in [0.29, 0.717) is 17.0 Å². The first-order chi connectivity index (χ1) is 7.72. The average molecular weight is 302 g/mol. The second-order valence-corrected chi connectivity index (χ2v) is 5.51. The van der Waals surface area contributed by atoms with Gasteiger partial charge in [0.15, 0.2) is 0 Å². The fourth-order valence-electron chi connectivity index (χ4n) is 1.34. The van der Waals surface area contributed by atoms with Gasteiger partial charge in [-0.15, -0.1) is 11.3 Å². The molecule has 0 spiro atoms. The van der Waals surface area contributed by atoms with Crippen molar-refractivity contribution in [1.82, 2.24) is 4.98 Å². The zero-order valence-corrected chi connectivity index (χ0v) is 10.7. The van der Waals surface area contributed by atoms with Crippen LogP contribution >= 0.6 is 27.3 Å². The number of nitrogens with zero attached hydrogens (tertiary/aromatic N) is 1. The fourth-order valence-corrected chi connectivity index (χ4v) is 2.96. The van der Waals surface area contributed by atoms with Gasteiger partial charge in [0.1, 0.15) is 10.8 Å². The molecule has 0 bridgehead atoms. The molecule has 0 saturated heterocycles. The van der Waals surface area contributed by atoms with Crippen molar-refractivity contribution in [2.24, 2.45) is 0 Å². The smallest absolute Gasteiger partial charge is 0.133 e. The third-order valence-corrected chi connectivity index (χ3v) is 3.97. The molecule has 2 nitrogen and oxygen atoms in total. The van der Waals surface area contributed by atoms with Gasteiger partial charge in [-0.1, -0.05) is 12.1 Å². The molecule has 1 aromatic heterocycles. The highest BCUT2D eigenvalue weighted by Gasteiger charge is 2.12. The Bertz CT molecular complexity index is 500. The topological polar surface area (TPSA) is 33.1 Å². The molecular formula is C11H9BrFNOS. The van der Waals surface area contributed by atoms with Crippen molar-refractivity contribution < 1.29 is 9.50 Å². The molecule has 1 aromatic carbocycles. The summed E-state index contributed by atoms with van der Waals surface area (Å²) in [5.74, 6) is -0.278. The predicted octanol–water partition coefficient (Wildman–Crippen LogP) is 3.25. The summed E-state index contributed by atoms with van der Waals surface area (Å²) in [4.78, 5) is 4.30. The van der Waals surface area contributed by atoms with Crippen molar-refractivity contribution in [3.63, 3.8) is 0 Å². The number of thiazole rings is 1. The number of rotatable bonds is 3. The first kappa shape index (κ1) is 11.7. The van der Waals surface area contributed by atoms with Gasteiger partial charge in [0.05, 0.1) is 9.48 Å². The predicted molar refractivity (Wildman–Crippen MR) is 66.0 cm³/mol. The van der Waals surface area contributed by atoms with E-state index in [2.05, 4.69) is 20.9 Å². The van der Waals surface area contributed by atoms with Crippen LogP contribution in [0.5, 0.6) is 0 Å². The van der Waals surface area contributed by atoms with Gasteiger partial charge in [-0.25, -0.2) is 9.37 Å². The van der Waals surface area contributed by atoms with E-state index < -0.39 is 0 Å². The van der Waals surface area contributed by atoms with E-state index in [1.165, 1.54) is 17.4 Å². The van der Waals surface area contributed by atoms with Crippen LogP contribution < -0.4 is 0 Å². The van der Waals surface area contributed by atoms with E-state index in [0.717, 1.165) is 9.48 Å². The summed E-state index contributed by atoms with van der Waals surface area (Å²) in [7, 11) is 0. The highest BCUT2D eigenvalue weighted by Crippen LogP contribution is 2.33. The van der Waals surface area contributed by atoms with Crippen molar-refractivity contribution in [1.29, 1.82) is 0 Å². The average Bonchev–Trinajstić information content (AvgIpc) is 2.61. The second-order valence-electron chi connectivity index (χ2n) is 3.19. The molecule has 1 heterocycles. The number of halogens is 2. The minimum Gasteiger partial charge on any atom is -0.396 e. The number of hydrogen-bond acceptors (Lipinski definition) is 3. The second kappa shape index (κ2) is 5.03. The highest BCUT2D eigenvalue weighted by molar-refractivity contribution is 9.11. The molecule has 0 unspecified atom stereocenters. The van der Waals surface area contributed by atoms with Crippen LogP contribution in [0.2, 0.25) is 0 Å². The number of hydrogen-bond donors (Lipinski definition) is 1. The molecule has 5 heteroatoms. The zero-order chi connectivity index (χ0) is 11.5. The van der Waals surface area contributed by atoms with Crippen molar-refractivity contribution in [2.45, 2.75) is 6.42 Å². The molecule has 0 amide bonds. The Balaban J connectivity index is 2.42. The van der Waals surface area contributed by atoms with Gasteiger partial charge in [0, 0.05) is 18.6 Å². The SMILES string of the molecule is OCCc1nc(-c2ccccc2F)sc1Br. The number of benzene rings is 1. The van der Waals surface area contributed by atoms with Gasteiger partial charge in [0.25, 0.3) is 0 Å². The Morgan fingerprint density at radius 3 is 2.81 bits per heavy atom. The lowest BCUT2D eigenvalue weighted by Gasteiger charge is -1.96. The van der Waals surface area contributed by atoms with Crippen molar-refractivity contribution in [3.05, 3.63) is 39.6 Å². The lowest BCUT2D eigenvalue weighted by atomic mass is 10.2. The quantitative estimate of drug-likeness (QED) is 0.944. The summed E-state index contributed by atoms with van der Waals surface area (Å²) in [5.41, 5.74) is 1.27. The standard InChI is InChI=1S/C11H9BrFNOS/c12-10-9(5-6-15)14-11(16-10)7-3-1-2-4-8(7)13/h1-4,15H,5-6H2. The van der Waals surface area contributed by atoms with Gasteiger partial charge >= 0.3 is 0 Å². The Morgan fingerprint density at radius 1 is 1.38 bits per heavy atom. The molecule has 1 N–H and O–H groups in total. The van der Waals surface area contributed by atoms with Gasteiger partial charge in [0.2, 0.25) is 0 Å². The van der Waals surface area contributed by atoms with Crippen LogP contribution in [0, 0.1) is 5.82 Å². The third-order valence-electron chi connectivity index (χ3n) is 2.10. The van der Waals surface area contributed by atoms with E-state index >= 15 is 0 Å². The fraction of sp³-hybridized carbons (Fsp3) is 0.182. The molecule has 0 aliphatic carbocycles. The van der Waals surface area contributed by atoms with E-state index in [1.807, 2.05) is 0 Å². The van der Waals surface area contributed by atoms with Gasteiger partial charge in [-0.3, -0.25) is 0 Å². The molecule has 2 aromatic rings. The Hall–Kier alpha value is -0.780.